The van der Waals surface area contributed by atoms with Crippen LogP contribution in [0.4, 0.5) is 17.6 Å². The molecule has 0 radical (unpaired) electrons. The van der Waals surface area contributed by atoms with Gasteiger partial charge in [0.25, 0.3) is 5.91 Å². The molecule has 2 aromatic rings. The fourth-order valence-corrected chi connectivity index (χ4v) is 2.64. The maximum Gasteiger partial charge on any atom is 0.340 e. The van der Waals surface area contributed by atoms with Crippen LogP contribution in [-0.4, -0.2) is 45.6 Å². The van der Waals surface area contributed by atoms with Crippen molar-refractivity contribution < 1.29 is 31.9 Å². The monoisotopic (exact) mass is 440 g/mol. The van der Waals surface area contributed by atoms with E-state index < -0.39 is 30.9 Å². The number of nitrogens with zero attached hydrogens (tertiary/aromatic N) is 3. The summed E-state index contributed by atoms with van der Waals surface area (Å²) in [6.07, 6.45) is 0.686. The van der Waals surface area contributed by atoms with Crippen molar-refractivity contribution in [3.8, 4) is 5.88 Å². The van der Waals surface area contributed by atoms with E-state index in [0.717, 1.165) is 12.8 Å². The van der Waals surface area contributed by atoms with Gasteiger partial charge in [-0.3, -0.25) is 9.59 Å². The zero-order valence-electron chi connectivity index (χ0n) is 16.5. The van der Waals surface area contributed by atoms with Crippen molar-refractivity contribution in [2.75, 3.05) is 6.61 Å². The van der Waals surface area contributed by atoms with Crippen LogP contribution in [0.3, 0.4) is 0 Å². The van der Waals surface area contributed by atoms with Crippen molar-refractivity contribution in [1.82, 2.24) is 20.3 Å². The highest BCUT2D eigenvalue weighted by molar-refractivity contribution is 5.92. The number of alkyl halides is 4. The Hall–Kier alpha value is -3.11. The number of carbonyl (C=O) groups excluding carboxylic acids is 2. The number of halogens is 4. The predicted octanol–water partition coefficient (Wildman–Crippen LogP) is 3.16. The molecule has 0 saturated heterocycles. The second-order valence-electron chi connectivity index (χ2n) is 7.25. The summed E-state index contributed by atoms with van der Waals surface area (Å²) in [5.74, 6) is -4.61. The van der Waals surface area contributed by atoms with Gasteiger partial charge in [0.05, 0.1) is 12.5 Å². The molecule has 1 fully saturated rings. The normalized spacial score (nSPS) is 14.9. The number of pyridine rings is 1. The Balaban J connectivity index is 1.56. The quantitative estimate of drug-likeness (QED) is 0.571. The molecule has 2 aromatic heterocycles. The van der Waals surface area contributed by atoms with Gasteiger partial charge in [-0.25, -0.2) is 23.7 Å². The molecule has 0 bridgehead atoms. The summed E-state index contributed by atoms with van der Waals surface area (Å²) >= 11 is 0. The highest BCUT2D eigenvalue weighted by Gasteiger charge is 2.41. The van der Waals surface area contributed by atoms with Crippen LogP contribution in [-0.2, 0) is 11.2 Å². The minimum Gasteiger partial charge on any atom is -0.471 e. The Labute approximate surface area is 175 Å². The Kier molecular flexibility index (Phi) is 6.81. The molecule has 1 aliphatic carbocycles. The van der Waals surface area contributed by atoms with Gasteiger partial charge >= 0.3 is 12.3 Å². The highest BCUT2D eigenvalue weighted by Crippen LogP contribution is 2.30. The number of Topliss-reactive ketones (excluding diaryl/α,β-unsaturated/α-hetero) is 1. The van der Waals surface area contributed by atoms with Crippen LogP contribution in [0.25, 0.3) is 0 Å². The van der Waals surface area contributed by atoms with Crippen molar-refractivity contribution in [3.05, 3.63) is 47.7 Å². The van der Waals surface area contributed by atoms with Crippen LogP contribution in [0.5, 0.6) is 5.88 Å². The highest BCUT2D eigenvalue weighted by atomic mass is 19.3. The number of amides is 1. The summed E-state index contributed by atoms with van der Waals surface area (Å²) in [7, 11) is 0. The number of hydrogen-bond acceptors (Lipinski definition) is 6. The number of ketones is 1. The second kappa shape index (κ2) is 9.36. The van der Waals surface area contributed by atoms with Gasteiger partial charge < -0.3 is 10.1 Å². The molecular formula is C20H20F4N4O3. The molecular weight excluding hydrogens is 420 g/mol. The SMILES string of the molecule is CC(NC(=O)c1ccnc(CC(=O)C2CC2)n1)c1ccc(OCC(F)(F)C(F)F)nc1. The number of nitrogens with one attached hydrogen (secondary N) is 1. The van der Waals surface area contributed by atoms with E-state index in [2.05, 4.69) is 25.0 Å². The largest absolute Gasteiger partial charge is 0.471 e. The number of carbonyl (C=O) groups is 2. The molecule has 31 heavy (non-hydrogen) atoms. The number of rotatable bonds is 10. The lowest BCUT2D eigenvalue weighted by molar-refractivity contribution is -0.148. The first-order chi connectivity index (χ1) is 14.7. The van der Waals surface area contributed by atoms with E-state index >= 15 is 0 Å². The van der Waals surface area contributed by atoms with Gasteiger partial charge in [0.1, 0.15) is 17.3 Å². The van der Waals surface area contributed by atoms with Crippen molar-refractivity contribution in [3.63, 3.8) is 0 Å². The molecule has 0 aromatic carbocycles. The molecule has 0 spiro atoms. The summed E-state index contributed by atoms with van der Waals surface area (Å²) in [5.41, 5.74) is 0.627. The minimum absolute atomic E-state index is 0.0608. The average Bonchev–Trinajstić information content (AvgIpc) is 3.58. The molecule has 1 N–H and O–H groups in total. The van der Waals surface area contributed by atoms with Crippen molar-refractivity contribution in [2.45, 2.75) is 44.6 Å². The lowest BCUT2D eigenvalue weighted by Crippen LogP contribution is -2.33. The molecule has 1 saturated carbocycles. The van der Waals surface area contributed by atoms with E-state index in [-0.39, 0.29) is 35.5 Å². The summed E-state index contributed by atoms with van der Waals surface area (Å²) in [6.45, 7) is 0.168. The maximum atomic E-state index is 12.9. The van der Waals surface area contributed by atoms with Crippen LogP contribution >= 0.6 is 0 Å². The van der Waals surface area contributed by atoms with E-state index in [1.165, 1.54) is 30.6 Å². The molecule has 3 rings (SSSR count). The lowest BCUT2D eigenvalue weighted by Gasteiger charge is -2.16. The summed E-state index contributed by atoms with van der Waals surface area (Å²) in [5, 5.41) is 2.70. The Morgan fingerprint density at radius 2 is 1.97 bits per heavy atom. The zero-order chi connectivity index (χ0) is 22.6. The van der Waals surface area contributed by atoms with Crippen LogP contribution in [0.2, 0.25) is 0 Å². The first kappa shape index (κ1) is 22.6. The van der Waals surface area contributed by atoms with E-state index in [1.54, 1.807) is 6.92 Å². The van der Waals surface area contributed by atoms with Gasteiger partial charge in [0.15, 0.2) is 6.61 Å². The van der Waals surface area contributed by atoms with Gasteiger partial charge in [-0.1, -0.05) is 6.07 Å². The van der Waals surface area contributed by atoms with Gasteiger partial charge in [0, 0.05) is 24.4 Å². The Bertz CT molecular complexity index is 936. The van der Waals surface area contributed by atoms with Gasteiger partial charge in [-0.05, 0) is 31.4 Å². The number of hydrogen-bond donors (Lipinski definition) is 1. The maximum absolute atomic E-state index is 12.9. The molecule has 11 heteroatoms. The van der Waals surface area contributed by atoms with Crippen LogP contribution in [0.15, 0.2) is 30.6 Å². The molecule has 166 valence electrons. The molecule has 1 amide bonds. The topological polar surface area (TPSA) is 94.1 Å². The second-order valence-corrected chi connectivity index (χ2v) is 7.25. The van der Waals surface area contributed by atoms with Crippen LogP contribution in [0.1, 0.15) is 47.7 Å². The molecule has 1 aliphatic rings. The van der Waals surface area contributed by atoms with Crippen LogP contribution in [0, 0.1) is 5.92 Å². The average molecular weight is 440 g/mol. The third-order valence-electron chi connectivity index (χ3n) is 4.64. The molecule has 0 aliphatic heterocycles. The Morgan fingerprint density at radius 1 is 1.23 bits per heavy atom. The van der Waals surface area contributed by atoms with Crippen molar-refractivity contribution in [1.29, 1.82) is 0 Å². The molecule has 7 nitrogen and oxygen atoms in total. The summed E-state index contributed by atoms with van der Waals surface area (Å²) in [6, 6.07) is 3.60. The fraction of sp³-hybridized carbons (Fsp3) is 0.450. The first-order valence-electron chi connectivity index (χ1n) is 9.56. The summed E-state index contributed by atoms with van der Waals surface area (Å²) < 4.78 is 54.7. The third-order valence-corrected chi connectivity index (χ3v) is 4.64. The molecule has 1 unspecified atom stereocenters. The molecule has 2 heterocycles. The zero-order valence-corrected chi connectivity index (χ0v) is 16.5. The lowest BCUT2D eigenvalue weighted by atomic mass is 10.1. The van der Waals surface area contributed by atoms with Gasteiger partial charge in [-0.2, -0.15) is 8.78 Å². The Morgan fingerprint density at radius 3 is 2.58 bits per heavy atom. The summed E-state index contributed by atoms with van der Waals surface area (Å²) in [4.78, 5) is 36.3. The van der Waals surface area contributed by atoms with E-state index in [0.29, 0.717) is 5.56 Å². The smallest absolute Gasteiger partial charge is 0.340 e. The van der Waals surface area contributed by atoms with E-state index in [1.807, 2.05) is 0 Å². The number of ether oxygens (including phenoxy) is 1. The fourth-order valence-electron chi connectivity index (χ4n) is 2.64. The third kappa shape index (κ3) is 6.19. The minimum atomic E-state index is -4.28. The van der Waals surface area contributed by atoms with Crippen LogP contribution < -0.4 is 10.1 Å². The number of aromatic nitrogens is 3. The standard InChI is InChI=1S/C20H20F4N4O3/c1-11(13-4-5-17(26-9-13)31-10-20(23,24)19(21)22)27-18(30)14-6-7-25-16(28-14)8-15(29)12-2-3-12/h4-7,9,11-12,19H,2-3,8,10H2,1H3,(H,27,30). The van der Waals surface area contributed by atoms with E-state index in [4.69, 9.17) is 0 Å². The van der Waals surface area contributed by atoms with E-state index in [9.17, 15) is 27.2 Å². The van der Waals surface area contributed by atoms with Crippen molar-refractivity contribution in [2.24, 2.45) is 5.92 Å². The van der Waals surface area contributed by atoms with Gasteiger partial charge in [-0.15, -0.1) is 0 Å². The van der Waals surface area contributed by atoms with Gasteiger partial charge in [0.2, 0.25) is 5.88 Å². The molecule has 1 atom stereocenters. The first-order valence-corrected chi connectivity index (χ1v) is 9.56. The van der Waals surface area contributed by atoms with Crippen molar-refractivity contribution >= 4 is 11.7 Å². The predicted molar refractivity (Wildman–Crippen MR) is 100 cm³/mol.